The summed E-state index contributed by atoms with van der Waals surface area (Å²) in [5.41, 5.74) is 3.54. The summed E-state index contributed by atoms with van der Waals surface area (Å²) in [6.07, 6.45) is 0. The van der Waals surface area contributed by atoms with Gasteiger partial charge in [-0.15, -0.1) is 0 Å². The number of benzene rings is 1. The Bertz CT molecular complexity index is 353. The highest BCUT2D eigenvalue weighted by atomic mass is 35.5. The van der Waals surface area contributed by atoms with E-state index >= 15 is 0 Å². The normalized spacial score (nSPS) is 10.3. The predicted octanol–water partition coefficient (Wildman–Crippen LogP) is 1.93. The highest BCUT2D eigenvalue weighted by molar-refractivity contribution is 6.31. The first kappa shape index (κ1) is 10.8. The molecule has 14 heavy (non-hydrogen) atoms. The standard InChI is InChI=1S/C9H11ClN2O2/c1-12(2)11-8-5-6(10)3-4-7(8)9(13)14/h3-5,11H,1-2H3,(H,13,14). The van der Waals surface area contributed by atoms with Gasteiger partial charge in [-0.3, -0.25) is 0 Å². The third-order valence-corrected chi connectivity index (χ3v) is 1.79. The second-order valence-corrected chi connectivity index (χ2v) is 3.44. The molecule has 4 nitrogen and oxygen atoms in total. The molecular weight excluding hydrogens is 204 g/mol. The summed E-state index contributed by atoms with van der Waals surface area (Å²) >= 11 is 5.75. The number of nitrogens with one attached hydrogen (secondary N) is 1. The lowest BCUT2D eigenvalue weighted by molar-refractivity contribution is 0.0697. The van der Waals surface area contributed by atoms with E-state index in [1.165, 1.54) is 6.07 Å². The summed E-state index contributed by atoms with van der Waals surface area (Å²) in [7, 11) is 3.54. The molecule has 2 N–H and O–H groups in total. The van der Waals surface area contributed by atoms with Gasteiger partial charge >= 0.3 is 5.97 Å². The minimum atomic E-state index is -0.981. The Labute approximate surface area is 87.1 Å². The number of hydrogen-bond donors (Lipinski definition) is 2. The number of carboxylic acids is 1. The van der Waals surface area contributed by atoms with Crippen molar-refractivity contribution < 1.29 is 9.90 Å². The molecule has 0 amide bonds. The number of anilines is 1. The van der Waals surface area contributed by atoms with Gasteiger partial charge in [0, 0.05) is 19.1 Å². The molecular formula is C9H11ClN2O2. The number of hydrogen-bond acceptors (Lipinski definition) is 3. The first-order valence-electron chi connectivity index (χ1n) is 3.97. The van der Waals surface area contributed by atoms with Gasteiger partial charge < -0.3 is 10.5 Å². The molecule has 0 aliphatic rings. The Hall–Kier alpha value is -1.26. The highest BCUT2D eigenvalue weighted by Gasteiger charge is 2.10. The lowest BCUT2D eigenvalue weighted by Crippen LogP contribution is -2.21. The van der Waals surface area contributed by atoms with Crippen molar-refractivity contribution in [2.24, 2.45) is 0 Å². The maximum absolute atomic E-state index is 10.8. The largest absolute Gasteiger partial charge is 0.478 e. The van der Waals surface area contributed by atoms with Gasteiger partial charge in [-0.25, -0.2) is 9.80 Å². The van der Waals surface area contributed by atoms with Crippen LogP contribution in [0.5, 0.6) is 0 Å². The quantitative estimate of drug-likeness (QED) is 0.755. The summed E-state index contributed by atoms with van der Waals surface area (Å²) in [5.74, 6) is -0.981. The molecule has 0 saturated carbocycles. The number of carboxylic acid groups (broad SMARTS) is 1. The molecule has 0 atom stereocenters. The number of carbonyl (C=O) groups is 1. The van der Waals surface area contributed by atoms with E-state index in [0.29, 0.717) is 10.7 Å². The average Bonchev–Trinajstić information content (AvgIpc) is 2.01. The summed E-state index contributed by atoms with van der Waals surface area (Å²) in [6, 6.07) is 4.59. The van der Waals surface area contributed by atoms with Crippen LogP contribution in [-0.4, -0.2) is 30.2 Å². The van der Waals surface area contributed by atoms with Crippen LogP contribution < -0.4 is 5.43 Å². The minimum Gasteiger partial charge on any atom is -0.478 e. The first-order chi connectivity index (χ1) is 6.50. The van der Waals surface area contributed by atoms with Crippen molar-refractivity contribution >= 4 is 23.3 Å². The van der Waals surface area contributed by atoms with E-state index in [-0.39, 0.29) is 5.56 Å². The van der Waals surface area contributed by atoms with Gasteiger partial charge in [0.15, 0.2) is 0 Å². The highest BCUT2D eigenvalue weighted by Crippen LogP contribution is 2.21. The first-order valence-corrected chi connectivity index (χ1v) is 4.35. The van der Waals surface area contributed by atoms with Crippen molar-refractivity contribution in [2.75, 3.05) is 19.5 Å². The van der Waals surface area contributed by atoms with E-state index in [0.717, 1.165) is 0 Å². The fraction of sp³-hybridized carbons (Fsp3) is 0.222. The van der Waals surface area contributed by atoms with Gasteiger partial charge in [-0.05, 0) is 18.2 Å². The molecule has 0 radical (unpaired) electrons. The van der Waals surface area contributed by atoms with Crippen molar-refractivity contribution in [3.05, 3.63) is 28.8 Å². The molecule has 5 heteroatoms. The van der Waals surface area contributed by atoms with Crippen LogP contribution in [0.15, 0.2) is 18.2 Å². The molecule has 1 rings (SSSR count). The summed E-state index contributed by atoms with van der Waals surface area (Å²) < 4.78 is 0. The number of nitrogens with zero attached hydrogens (tertiary/aromatic N) is 1. The van der Waals surface area contributed by atoms with E-state index in [1.54, 1.807) is 31.2 Å². The van der Waals surface area contributed by atoms with Crippen LogP contribution in [0.4, 0.5) is 5.69 Å². The van der Waals surface area contributed by atoms with E-state index in [9.17, 15) is 4.79 Å². The molecule has 0 saturated heterocycles. The second kappa shape index (κ2) is 4.30. The van der Waals surface area contributed by atoms with Crippen LogP contribution in [0.3, 0.4) is 0 Å². The maximum Gasteiger partial charge on any atom is 0.337 e. The van der Waals surface area contributed by atoms with Crippen LogP contribution >= 0.6 is 11.6 Å². The summed E-state index contributed by atoms with van der Waals surface area (Å²) in [5, 5.41) is 11.0. The maximum atomic E-state index is 10.8. The monoisotopic (exact) mass is 214 g/mol. The van der Waals surface area contributed by atoms with Crippen LogP contribution in [0.2, 0.25) is 5.02 Å². The average molecular weight is 215 g/mol. The number of aromatic carboxylic acids is 1. The smallest absolute Gasteiger partial charge is 0.337 e. The molecule has 0 aliphatic heterocycles. The topological polar surface area (TPSA) is 52.6 Å². The molecule has 0 aliphatic carbocycles. The fourth-order valence-electron chi connectivity index (χ4n) is 1.04. The van der Waals surface area contributed by atoms with Crippen molar-refractivity contribution in [2.45, 2.75) is 0 Å². The minimum absolute atomic E-state index is 0.197. The lowest BCUT2D eigenvalue weighted by atomic mass is 10.2. The molecule has 0 fully saturated rings. The molecule has 1 aromatic carbocycles. The Morgan fingerprint density at radius 3 is 2.64 bits per heavy atom. The van der Waals surface area contributed by atoms with Gasteiger partial charge in [-0.1, -0.05) is 11.6 Å². The molecule has 0 spiro atoms. The Balaban J connectivity index is 3.09. The van der Waals surface area contributed by atoms with Crippen molar-refractivity contribution in [1.82, 2.24) is 5.01 Å². The molecule has 0 aromatic heterocycles. The van der Waals surface area contributed by atoms with Gasteiger partial charge in [-0.2, -0.15) is 0 Å². The predicted molar refractivity (Wildman–Crippen MR) is 55.7 cm³/mol. The van der Waals surface area contributed by atoms with Crippen LogP contribution in [0.25, 0.3) is 0 Å². The van der Waals surface area contributed by atoms with E-state index in [1.807, 2.05) is 0 Å². The SMILES string of the molecule is CN(C)Nc1cc(Cl)ccc1C(=O)O. The third kappa shape index (κ3) is 2.61. The zero-order valence-corrected chi connectivity index (χ0v) is 8.67. The number of rotatable bonds is 3. The molecule has 76 valence electrons. The van der Waals surface area contributed by atoms with E-state index < -0.39 is 5.97 Å². The van der Waals surface area contributed by atoms with Crippen molar-refractivity contribution in [3.63, 3.8) is 0 Å². The van der Waals surface area contributed by atoms with Crippen molar-refractivity contribution in [3.8, 4) is 0 Å². The van der Waals surface area contributed by atoms with Gasteiger partial charge in [0.2, 0.25) is 0 Å². The van der Waals surface area contributed by atoms with Gasteiger partial charge in [0.1, 0.15) is 0 Å². The number of hydrazine groups is 1. The van der Waals surface area contributed by atoms with Crippen molar-refractivity contribution in [1.29, 1.82) is 0 Å². The third-order valence-electron chi connectivity index (χ3n) is 1.56. The van der Waals surface area contributed by atoms with E-state index in [4.69, 9.17) is 16.7 Å². The molecule has 0 bridgehead atoms. The van der Waals surface area contributed by atoms with Crippen LogP contribution in [-0.2, 0) is 0 Å². The van der Waals surface area contributed by atoms with Crippen LogP contribution in [0, 0.1) is 0 Å². The molecule has 1 aromatic rings. The number of halogens is 1. The Morgan fingerprint density at radius 2 is 2.14 bits per heavy atom. The fourth-order valence-corrected chi connectivity index (χ4v) is 1.21. The lowest BCUT2D eigenvalue weighted by Gasteiger charge is -2.15. The molecule has 0 unspecified atom stereocenters. The van der Waals surface area contributed by atoms with Gasteiger partial charge in [0.05, 0.1) is 11.3 Å². The zero-order valence-electron chi connectivity index (χ0n) is 7.91. The zero-order chi connectivity index (χ0) is 10.7. The summed E-state index contributed by atoms with van der Waals surface area (Å²) in [4.78, 5) is 10.8. The Morgan fingerprint density at radius 1 is 1.50 bits per heavy atom. The second-order valence-electron chi connectivity index (χ2n) is 3.00. The van der Waals surface area contributed by atoms with E-state index in [2.05, 4.69) is 5.43 Å². The Kier molecular flexibility index (Phi) is 3.33. The molecule has 0 heterocycles. The van der Waals surface area contributed by atoms with Crippen LogP contribution in [0.1, 0.15) is 10.4 Å². The summed E-state index contributed by atoms with van der Waals surface area (Å²) in [6.45, 7) is 0. The van der Waals surface area contributed by atoms with Gasteiger partial charge in [0.25, 0.3) is 0 Å².